The Morgan fingerprint density at radius 1 is 1.41 bits per heavy atom. The number of benzene rings is 1. The Morgan fingerprint density at radius 2 is 2.27 bits per heavy atom. The Morgan fingerprint density at radius 3 is 3.09 bits per heavy atom. The van der Waals surface area contributed by atoms with Gasteiger partial charge in [0.2, 0.25) is 0 Å². The van der Waals surface area contributed by atoms with Crippen LogP contribution in [0.2, 0.25) is 0 Å². The first-order valence-electron chi connectivity index (χ1n) is 6.95. The lowest BCUT2D eigenvalue weighted by Gasteiger charge is -2.07. The summed E-state index contributed by atoms with van der Waals surface area (Å²) in [7, 11) is 0. The minimum atomic E-state index is -0.590. The van der Waals surface area contributed by atoms with Gasteiger partial charge in [0, 0.05) is 0 Å². The SMILES string of the molecule is C=C1N=NC(=O)N/C1=N/N=C/c1cccc(OCCCC)c1. The third-order valence-corrected chi connectivity index (χ3v) is 2.75. The topological polar surface area (TPSA) is 87.8 Å². The number of unbranched alkanes of at least 4 members (excludes halogenated alkanes) is 1. The van der Waals surface area contributed by atoms with Crippen molar-refractivity contribution in [2.24, 2.45) is 20.4 Å². The fraction of sp³-hybridized carbons (Fsp3) is 0.267. The maximum atomic E-state index is 11.1. The zero-order valence-electron chi connectivity index (χ0n) is 12.3. The van der Waals surface area contributed by atoms with Crippen LogP contribution >= 0.6 is 0 Å². The van der Waals surface area contributed by atoms with Crippen LogP contribution in [0.1, 0.15) is 25.3 Å². The van der Waals surface area contributed by atoms with E-state index in [1.807, 2.05) is 24.3 Å². The first-order valence-corrected chi connectivity index (χ1v) is 6.95. The average Bonchev–Trinajstić information content (AvgIpc) is 2.51. The number of urea groups is 1. The van der Waals surface area contributed by atoms with Crippen LogP contribution in [0.3, 0.4) is 0 Å². The highest BCUT2D eigenvalue weighted by Crippen LogP contribution is 2.12. The number of rotatable bonds is 6. The number of hydrogen-bond acceptors (Lipinski definition) is 5. The van der Waals surface area contributed by atoms with Crippen LogP contribution in [0.15, 0.2) is 57.0 Å². The van der Waals surface area contributed by atoms with Crippen molar-refractivity contribution >= 4 is 18.1 Å². The number of carbonyl (C=O) groups excluding carboxylic acids is 1. The number of nitrogens with zero attached hydrogens (tertiary/aromatic N) is 4. The number of carbonyl (C=O) groups is 1. The van der Waals surface area contributed by atoms with E-state index in [0.29, 0.717) is 6.61 Å². The van der Waals surface area contributed by atoms with Gasteiger partial charge >= 0.3 is 6.03 Å². The molecule has 0 bridgehead atoms. The maximum absolute atomic E-state index is 11.1. The highest BCUT2D eigenvalue weighted by atomic mass is 16.5. The molecule has 114 valence electrons. The zero-order chi connectivity index (χ0) is 15.8. The van der Waals surface area contributed by atoms with E-state index < -0.39 is 6.03 Å². The molecule has 0 fully saturated rings. The molecule has 7 heteroatoms. The molecule has 0 radical (unpaired) electrons. The van der Waals surface area contributed by atoms with Crippen LogP contribution < -0.4 is 10.1 Å². The molecule has 1 aliphatic rings. The molecule has 22 heavy (non-hydrogen) atoms. The molecule has 0 unspecified atom stereocenters. The van der Waals surface area contributed by atoms with Crippen LogP contribution in [0.5, 0.6) is 5.75 Å². The average molecular weight is 299 g/mol. The van der Waals surface area contributed by atoms with Crippen molar-refractivity contribution < 1.29 is 9.53 Å². The summed E-state index contributed by atoms with van der Waals surface area (Å²) in [5.41, 5.74) is 1.10. The number of azo groups is 1. The fourth-order valence-electron chi connectivity index (χ4n) is 1.61. The van der Waals surface area contributed by atoms with Crippen LogP contribution in [0.4, 0.5) is 4.79 Å². The molecular formula is C15H17N5O2. The zero-order valence-corrected chi connectivity index (χ0v) is 12.3. The summed E-state index contributed by atoms with van der Waals surface area (Å²) in [5.74, 6) is 0.973. The summed E-state index contributed by atoms with van der Waals surface area (Å²) < 4.78 is 5.62. The second-order valence-electron chi connectivity index (χ2n) is 4.54. The van der Waals surface area contributed by atoms with Gasteiger partial charge < -0.3 is 4.74 Å². The van der Waals surface area contributed by atoms with E-state index in [4.69, 9.17) is 4.74 Å². The molecule has 2 rings (SSSR count). The van der Waals surface area contributed by atoms with Gasteiger partial charge in [-0.1, -0.05) is 37.2 Å². The number of hydrogen-bond donors (Lipinski definition) is 1. The van der Waals surface area contributed by atoms with Crippen LogP contribution in [-0.2, 0) is 0 Å². The van der Waals surface area contributed by atoms with Gasteiger partial charge in [-0.3, -0.25) is 5.32 Å². The predicted molar refractivity (Wildman–Crippen MR) is 84.4 cm³/mol. The van der Waals surface area contributed by atoms with Gasteiger partial charge in [-0.2, -0.15) is 5.10 Å². The first kappa shape index (κ1) is 15.6. The van der Waals surface area contributed by atoms with Crippen LogP contribution in [0.25, 0.3) is 0 Å². The predicted octanol–water partition coefficient (Wildman–Crippen LogP) is 3.29. The van der Waals surface area contributed by atoms with Gasteiger partial charge in [-0.25, -0.2) is 4.79 Å². The quantitative estimate of drug-likeness (QED) is 0.496. The lowest BCUT2D eigenvalue weighted by Crippen LogP contribution is -2.31. The van der Waals surface area contributed by atoms with Gasteiger partial charge in [0.25, 0.3) is 0 Å². The van der Waals surface area contributed by atoms with E-state index in [-0.39, 0.29) is 11.5 Å². The Bertz CT molecular complexity index is 649. The lowest BCUT2D eigenvalue weighted by atomic mass is 10.2. The number of amides is 2. The van der Waals surface area contributed by atoms with Gasteiger partial charge in [0.1, 0.15) is 11.4 Å². The van der Waals surface area contributed by atoms with E-state index >= 15 is 0 Å². The van der Waals surface area contributed by atoms with Crippen LogP contribution in [-0.4, -0.2) is 24.7 Å². The molecule has 1 aromatic carbocycles. The first-order chi connectivity index (χ1) is 10.7. The number of ether oxygens (including phenoxy) is 1. The molecule has 7 nitrogen and oxygen atoms in total. The highest BCUT2D eigenvalue weighted by Gasteiger charge is 2.13. The van der Waals surface area contributed by atoms with E-state index in [1.165, 1.54) is 0 Å². The van der Waals surface area contributed by atoms with Gasteiger partial charge in [0.05, 0.1) is 12.8 Å². The summed E-state index contributed by atoms with van der Waals surface area (Å²) in [6.07, 6.45) is 3.67. The van der Waals surface area contributed by atoms with Gasteiger partial charge in [-0.05, 0) is 24.1 Å². The molecule has 0 saturated carbocycles. The van der Waals surface area contributed by atoms with Crippen molar-refractivity contribution in [1.82, 2.24) is 5.32 Å². The molecule has 0 spiro atoms. The van der Waals surface area contributed by atoms with Gasteiger partial charge in [-0.15, -0.1) is 10.2 Å². The van der Waals surface area contributed by atoms with Crippen molar-refractivity contribution in [2.75, 3.05) is 6.61 Å². The molecule has 2 amide bonds. The summed E-state index contributed by atoms with van der Waals surface area (Å²) in [4.78, 5) is 11.1. The monoisotopic (exact) mass is 299 g/mol. The smallest absolute Gasteiger partial charge is 0.365 e. The highest BCUT2D eigenvalue weighted by molar-refractivity contribution is 6.08. The third-order valence-electron chi connectivity index (χ3n) is 2.75. The van der Waals surface area contributed by atoms with Gasteiger partial charge in [0.15, 0.2) is 5.84 Å². The Hall–Kier alpha value is -2.83. The van der Waals surface area contributed by atoms with Crippen molar-refractivity contribution in [1.29, 1.82) is 0 Å². The molecule has 0 saturated heterocycles. The van der Waals surface area contributed by atoms with Crippen molar-refractivity contribution in [3.8, 4) is 5.75 Å². The molecular weight excluding hydrogens is 282 g/mol. The summed E-state index contributed by atoms with van der Waals surface area (Å²) in [6.45, 7) is 6.42. The Balaban J connectivity index is 2.01. The Kier molecular flexibility index (Phi) is 5.53. The summed E-state index contributed by atoms with van der Waals surface area (Å²) in [5, 5.41) is 17.1. The molecule has 0 atom stereocenters. The molecule has 1 aliphatic heterocycles. The summed E-state index contributed by atoms with van der Waals surface area (Å²) >= 11 is 0. The van der Waals surface area contributed by atoms with Crippen molar-refractivity contribution in [2.45, 2.75) is 19.8 Å². The van der Waals surface area contributed by atoms with Crippen molar-refractivity contribution in [3.05, 3.63) is 42.1 Å². The third kappa shape index (κ3) is 4.62. The fourth-order valence-corrected chi connectivity index (χ4v) is 1.61. The minimum absolute atomic E-state index is 0.187. The van der Waals surface area contributed by atoms with Crippen molar-refractivity contribution in [3.63, 3.8) is 0 Å². The minimum Gasteiger partial charge on any atom is -0.494 e. The van der Waals surface area contributed by atoms with E-state index in [1.54, 1.807) is 6.21 Å². The summed E-state index contributed by atoms with van der Waals surface area (Å²) in [6, 6.07) is 6.93. The maximum Gasteiger partial charge on any atom is 0.365 e. The standard InChI is InChI=1S/C15H17N5O2/c1-3-4-8-22-13-7-5-6-12(9-13)10-16-19-14-11(2)18-20-15(21)17-14/h5-7,9-10H,2-4,8H2,1H3,(H,17,19,21)/b16-10+. The lowest BCUT2D eigenvalue weighted by molar-refractivity contribution is 0.251. The molecule has 1 N–H and O–H groups in total. The molecule has 1 heterocycles. The normalized spacial score (nSPS) is 16.3. The van der Waals surface area contributed by atoms with Crippen LogP contribution in [0, 0.1) is 0 Å². The molecule has 0 aromatic heterocycles. The second-order valence-corrected chi connectivity index (χ2v) is 4.54. The largest absolute Gasteiger partial charge is 0.494 e. The van der Waals surface area contributed by atoms with E-state index in [2.05, 4.69) is 39.3 Å². The molecule has 1 aromatic rings. The Labute approximate surface area is 128 Å². The van der Waals surface area contributed by atoms with E-state index in [9.17, 15) is 4.79 Å². The second kappa shape index (κ2) is 7.82. The number of amidine groups is 1. The van der Waals surface area contributed by atoms with E-state index in [0.717, 1.165) is 24.2 Å². The molecule has 0 aliphatic carbocycles. The number of nitrogens with one attached hydrogen (secondary N) is 1.